The first-order valence-corrected chi connectivity index (χ1v) is 7.60. The first-order chi connectivity index (χ1) is 9.41. The van der Waals surface area contributed by atoms with Gasteiger partial charge >= 0.3 is 0 Å². The van der Waals surface area contributed by atoms with E-state index in [1.54, 1.807) is 6.07 Å². The van der Waals surface area contributed by atoms with Crippen molar-refractivity contribution in [2.24, 2.45) is 5.41 Å². The van der Waals surface area contributed by atoms with Gasteiger partial charge in [-0.1, -0.05) is 15.9 Å². The molecule has 1 saturated carbocycles. The number of likely N-dealkylation sites (tertiary alicyclic amines) is 1. The third-order valence-corrected chi connectivity index (χ3v) is 4.96. The molecule has 1 aliphatic heterocycles. The smallest absolute Gasteiger partial charge is 0.293 e. The summed E-state index contributed by atoms with van der Waals surface area (Å²) in [7, 11) is 2.12. The minimum absolute atomic E-state index is 0.155. The molecule has 3 rings (SSSR count). The number of benzene rings is 1. The molecule has 1 aromatic rings. The van der Waals surface area contributed by atoms with E-state index in [9.17, 15) is 10.1 Å². The third kappa shape index (κ3) is 2.31. The van der Waals surface area contributed by atoms with Gasteiger partial charge in [-0.2, -0.15) is 0 Å². The van der Waals surface area contributed by atoms with Crippen LogP contribution in [0.2, 0.25) is 0 Å². The van der Waals surface area contributed by atoms with Gasteiger partial charge in [0.15, 0.2) is 0 Å². The van der Waals surface area contributed by atoms with Crippen LogP contribution < -0.4 is 5.32 Å². The maximum Gasteiger partial charge on any atom is 0.293 e. The van der Waals surface area contributed by atoms with E-state index in [2.05, 4.69) is 33.2 Å². The predicted molar refractivity (Wildman–Crippen MR) is 82.1 cm³/mol. The van der Waals surface area contributed by atoms with Crippen LogP contribution in [0.15, 0.2) is 16.6 Å². The summed E-state index contributed by atoms with van der Waals surface area (Å²) in [5.41, 5.74) is 2.07. The van der Waals surface area contributed by atoms with Crippen molar-refractivity contribution in [3.63, 3.8) is 0 Å². The van der Waals surface area contributed by atoms with E-state index in [4.69, 9.17) is 0 Å². The van der Waals surface area contributed by atoms with Gasteiger partial charge in [0.05, 0.1) is 4.92 Å². The number of nitrogens with one attached hydrogen (secondary N) is 1. The summed E-state index contributed by atoms with van der Waals surface area (Å²) in [6.07, 6.45) is 2.44. The minimum atomic E-state index is -0.307. The maximum absolute atomic E-state index is 11.3. The van der Waals surface area contributed by atoms with Gasteiger partial charge in [-0.15, -0.1) is 0 Å². The minimum Gasteiger partial charge on any atom is -0.375 e. The van der Waals surface area contributed by atoms with Crippen LogP contribution >= 0.6 is 15.9 Å². The molecular weight excluding hydrogens is 322 g/mol. The Balaban J connectivity index is 1.93. The van der Waals surface area contributed by atoms with Crippen LogP contribution in [0, 0.1) is 22.5 Å². The Morgan fingerprint density at radius 2 is 2.20 bits per heavy atom. The Morgan fingerprint density at radius 1 is 1.50 bits per heavy atom. The Morgan fingerprint density at radius 3 is 2.80 bits per heavy atom. The Hall–Kier alpha value is -1.14. The zero-order valence-electron chi connectivity index (χ0n) is 11.6. The number of aryl methyl sites for hydroxylation is 1. The second-order valence-electron chi connectivity index (χ2n) is 6.13. The van der Waals surface area contributed by atoms with Crippen LogP contribution in [-0.4, -0.2) is 36.0 Å². The van der Waals surface area contributed by atoms with E-state index < -0.39 is 0 Å². The second-order valence-corrected chi connectivity index (χ2v) is 7.05. The predicted octanol–water partition coefficient (Wildman–Crippen LogP) is 3.17. The molecule has 1 saturated heterocycles. The Labute approximate surface area is 126 Å². The number of nitrogens with zero attached hydrogens (tertiary/aromatic N) is 2. The number of hydrogen-bond acceptors (Lipinski definition) is 4. The van der Waals surface area contributed by atoms with Crippen LogP contribution in [0.3, 0.4) is 0 Å². The molecule has 2 fully saturated rings. The van der Waals surface area contributed by atoms with Gasteiger partial charge in [0.25, 0.3) is 5.69 Å². The first kappa shape index (κ1) is 13.8. The van der Waals surface area contributed by atoms with Gasteiger partial charge in [-0.25, -0.2) is 0 Å². The zero-order valence-corrected chi connectivity index (χ0v) is 13.2. The highest BCUT2D eigenvalue weighted by molar-refractivity contribution is 9.10. The fraction of sp³-hybridized carbons (Fsp3) is 0.571. The van der Waals surface area contributed by atoms with Gasteiger partial charge in [0, 0.05) is 35.1 Å². The van der Waals surface area contributed by atoms with Crippen LogP contribution in [0.1, 0.15) is 18.4 Å². The highest BCUT2D eigenvalue weighted by atomic mass is 79.9. The average molecular weight is 340 g/mol. The summed E-state index contributed by atoms with van der Waals surface area (Å²) >= 11 is 3.33. The summed E-state index contributed by atoms with van der Waals surface area (Å²) in [5, 5.41) is 14.7. The molecular formula is C14H18BrN3O2. The lowest BCUT2D eigenvalue weighted by atomic mass is 9.99. The largest absolute Gasteiger partial charge is 0.375 e. The number of likely N-dealkylation sites (N-methyl/N-ethyl adjacent to an activating group) is 1. The van der Waals surface area contributed by atoms with Crippen molar-refractivity contribution in [3.05, 3.63) is 32.3 Å². The van der Waals surface area contributed by atoms with Gasteiger partial charge in [0.2, 0.25) is 0 Å². The summed E-state index contributed by atoms with van der Waals surface area (Å²) < 4.78 is 0.747. The Kier molecular flexibility index (Phi) is 3.25. The normalized spacial score (nSPS) is 24.1. The molecule has 108 valence electrons. The molecule has 0 aromatic heterocycles. The molecule has 0 bridgehead atoms. The lowest BCUT2D eigenvalue weighted by Gasteiger charge is -2.21. The SMILES string of the molecule is Cc1cc(Br)cc([N+](=O)[O-])c1NC1CN(C)CC12CC2. The quantitative estimate of drug-likeness (QED) is 0.678. The second kappa shape index (κ2) is 4.70. The van der Waals surface area contributed by atoms with Crippen LogP contribution in [0.5, 0.6) is 0 Å². The number of nitro benzene ring substituents is 1. The first-order valence-electron chi connectivity index (χ1n) is 6.81. The molecule has 20 heavy (non-hydrogen) atoms. The molecule has 1 spiro atoms. The van der Waals surface area contributed by atoms with Crippen LogP contribution in [0.4, 0.5) is 11.4 Å². The molecule has 1 N–H and O–H groups in total. The van der Waals surface area contributed by atoms with E-state index in [0.717, 1.165) is 23.1 Å². The molecule has 1 aliphatic carbocycles. The van der Waals surface area contributed by atoms with Gasteiger partial charge in [-0.05, 0) is 38.4 Å². The topological polar surface area (TPSA) is 58.4 Å². The van der Waals surface area contributed by atoms with Crippen molar-refractivity contribution in [1.29, 1.82) is 0 Å². The molecule has 0 amide bonds. The number of nitro groups is 1. The number of halogens is 1. The summed E-state index contributed by atoms with van der Waals surface area (Å²) in [4.78, 5) is 13.3. The van der Waals surface area contributed by atoms with E-state index in [0.29, 0.717) is 17.1 Å². The van der Waals surface area contributed by atoms with Gasteiger partial charge < -0.3 is 10.2 Å². The van der Waals surface area contributed by atoms with Crippen molar-refractivity contribution >= 4 is 27.3 Å². The number of anilines is 1. The van der Waals surface area contributed by atoms with Crippen LogP contribution in [0.25, 0.3) is 0 Å². The van der Waals surface area contributed by atoms with Crippen molar-refractivity contribution in [3.8, 4) is 0 Å². The average Bonchev–Trinajstić information content (AvgIpc) is 3.03. The molecule has 1 heterocycles. The van der Waals surface area contributed by atoms with E-state index in [1.165, 1.54) is 12.8 Å². The lowest BCUT2D eigenvalue weighted by molar-refractivity contribution is -0.384. The van der Waals surface area contributed by atoms with Crippen molar-refractivity contribution in [2.75, 3.05) is 25.5 Å². The lowest BCUT2D eigenvalue weighted by Crippen LogP contribution is -2.30. The number of hydrogen-bond donors (Lipinski definition) is 1. The molecule has 1 atom stereocenters. The zero-order chi connectivity index (χ0) is 14.5. The number of rotatable bonds is 3. The fourth-order valence-electron chi connectivity index (χ4n) is 3.31. The standard InChI is InChI=1S/C14H18BrN3O2/c1-9-5-10(15)6-11(18(19)20)13(9)16-12-7-17(2)8-14(12)3-4-14/h5-6,12,16H,3-4,7-8H2,1-2H3. The molecule has 2 aliphatic rings. The van der Waals surface area contributed by atoms with E-state index in [-0.39, 0.29) is 10.6 Å². The third-order valence-electron chi connectivity index (χ3n) is 4.51. The van der Waals surface area contributed by atoms with Gasteiger partial charge in [0.1, 0.15) is 5.69 Å². The molecule has 6 heteroatoms. The molecule has 1 unspecified atom stereocenters. The Bertz CT molecular complexity index is 572. The highest BCUT2D eigenvalue weighted by Crippen LogP contribution is 2.53. The van der Waals surface area contributed by atoms with Gasteiger partial charge in [-0.3, -0.25) is 10.1 Å². The fourth-order valence-corrected chi connectivity index (χ4v) is 3.88. The summed E-state index contributed by atoms with van der Waals surface area (Å²) in [5.74, 6) is 0. The summed E-state index contributed by atoms with van der Waals surface area (Å²) in [6, 6.07) is 3.81. The van der Waals surface area contributed by atoms with E-state index in [1.807, 2.05) is 13.0 Å². The van der Waals surface area contributed by atoms with E-state index >= 15 is 0 Å². The van der Waals surface area contributed by atoms with Crippen molar-refractivity contribution in [1.82, 2.24) is 4.90 Å². The van der Waals surface area contributed by atoms with Crippen molar-refractivity contribution < 1.29 is 4.92 Å². The molecule has 0 radical (unpaired) electrons. The summed E-state index contributed by atoms with van der Waals surface area (Å²) in [6.45, 7) is 3.96. The maximum atomic E-state index is 11.3. The highest BCUT2D eigenvalue weighted by Gasteiger charge is 2.54. The molecule has 5 nitrogen and oxygen atoms in total. The molecule has 1 aromatic carbocycles. The van der Waals surface area contributed by atoms with Crippen molar-refractivity contribution in [2.45, 2.75) is 25.8 Å². The van der Waals surface area contributed by atoms with Crippen LogP contribution in [-0.2, 0) is 0 Å². The monoisotopic (exact) mass is 339 g/mol.